The number of carbonyl (C=O) groups is 2. The van der Waals surface area contributed by atoms with Crippen molar-refractivity contribution in [3.8, 4) is 0 Å². The fraction of sp³-hybridized carbons (Fsp3) is 0.273. The van der Waals surface area contributed by atoms with Crippen molar-refractivity contribution in [1.29, 1.82) is 0 Å². The number of hydrogen-bond acceptors (Lipinski definition) is 5. The topological polar surface area (TPSA) is 106 Å². The quantitative estimate of drug-likeness (QED) is 0.482. The lowest BCUT2D eigenvalue weighted by atomic mass is 10.0. The van der Waals surface area contributed by atoms with Gasteiger partial charge in [-0.15, -0.1) is 0 Å². The maximum Gasteiger partial charge on any atom is 0.217 e. The zero-order valence-corrected chi connectivity index (χ0v) is 10.5. The summed E-state index contributed by atoms with van der Waals surface area (Å²) in [5.74, 6) is -1.04. The second-order valence-electron chi connectivity index (χ2n) is 3.60. The van der Waals surface area contributed by atoms with Gasteiger partial charge in [-0.05, 0) is 12.1 Å². The van der Waals surface area contributed by atoms with Gasteiger partial charge in [-0.2, -0.15) is 0 Å². The van der Waals surface area contributed by atoms with Crippen molar-refractivity contribution < 1.29 is 18.0 Å². The first-order valence-electron chi connectivity index (χ1n) is 5.27. The van der Waals surface area contributed by atoms with Crippen LogP contribution in [0.3, 0.4) is 0 Å². The van der Waals surface area contributed by atoms with Gasteiger partial charge in [0.15, 0.2) is 16.5 Å². The number of thiol groups is 1. The van der Waals surface area contributed by atoms with Gasteiger partial charge in [0.25, 0.3) is 0 Å². The van der Waals surface area contributed by atoms with E-state index in [1.807, 2.05) is 0 Å². The molecule has 0 spiro atoms. The minimum Gasteiger partial charge on any atom is -0.371 e. The number of Topliss-reactive ketones (excluding diaryl/α,β-unsaturated/α-hetero) is 1. The lowest BCUT2D eigenvalue weighted by Gasteiger charge is -2.08. The summed E-state index contributed by atoms with van der Waals surface area (Å²) in [4.78, 5) is 22.4. The predicted molar refractivity (Wildman–Crippen MR) is 68.0 cm³/mol. The first kappa shape index (κ1) is 14.2. The van der Waals surface area contributed by atoms with Crippen LogP contribution in [0.4, 0.5) is 5.69 Å². The van der Waals surface area contributed by atoms with Crippen molar-refractivity contribution in [2.24, 2.45) is 5.73 Å². The van der Waals surface area contributed by atoms with Gasteiger partial charge < -0.3 is 11.1 Å². The van der Waals surface area contributed by atoms with E-state index in [4.69, 9.17) is 5.73 Å². The van der Waals surface area contributed by atoms with Gasteiger partial charge in [0, 0.05) is 24.1 Å². The molecule has 0 saturated heterocycles. The Hall–Kier alpha value is -1.89. The molecule has 7 heteroatoms. The number of anilines is 1. The third-order valence-corrected chi connectivity index (χ3v) is 2.64. The van der Waals surface area contributed by atoms with Gasteiger partial charge in [-0.1, -0.05) is 12.1 Å². The van der Waals surface area contributed by atoms with E-state index in [1.165, 1.54) is 0 Å². The van der Waals surface area contributed by atoms with Crippen LogP contribution in [0.2, 0.25) is 0 Å². The smallest absolute Gasteiger partial charge is 0.217 e. The lowest BCUT2D eigenvalue weighted by Crippen LogP contribution is -2.14. The number of ketones is 1. The summed E-state index contributed by atoms with van der Waals surface area (Å²) in [7, 11) is -2.57. The molecule has 0 unspecified atom stereocenters. The molecule has 0 radical (unpaired) electrons. The molecule has 0 aromatic heterocycles. The van der Waals surface area contributed by atoms with E-state index >= 15 is 0 Å². The van der Waals surface area contributed by atoms with E-state index in [0.717, 1.165) is 0 Å². The highest BCUT2D eigenvalue weighted by Crippen LogP contribution is 2.17. The normalized spacial score (nSPS) is 10.3. The second kappa shape index (κ2) is 6.75. The molecule has 0 aliphatic carbocycles. The van der Waals surface area contributed by atoms with Gasteiger partial charge in [-0.25, -0.2) is 8.42 Å². The van der Waals surface area contributed by atoms with Crippen LogP contribution in [0.15, 0.2) is 24.3 Å². The number of rotatable bonds is 7. The maximum atomic E-state index is 11.8. The summed E-state index contributed by atoms with van der Waals surface area (Å²) in [6.07, 6.45) is -0.0134. The lowest BCUT2D eigenvalue weighted by molar-refractivity contribution is -0.118. The molecule has 0 saturated carbocycles. The average Bonchev–Trinajstić information content (AvgIpc) is 2.33. The maximum absolute atomic E-state index is 11.8. The minimum absolute atomic E-state index is 0.0114. The number of nitrogens with two attached hydrogens (primary N) is 1. The Balaban J connectivity index is 2.80. The Bertz CT molecular complexity index is 518. The number of carbonyl (C=O) groups excluding carboxylic acids is 2. The van der Waals surface area contributed by atoms with E-state index in [0.29, 0.717) is 11.3 Å². The number of amides is 1. The van der Waals surface area contributed by atoms with Gasteiger partial charge in [0.05, 0.1) is 0 Å². The third-order valence-electron chi connectivity index (χ3n) is 2.22. The second-order valence-corrected chi connectivity index (χ2v) is 4.58. The van der Waals surface area contributed by atoms with E-state index in [-0.39, 0.29) is 24.5 Å². The molecule has 3 N–H and O–H groups in total. The van der Waals surface area contributed by atoms with E-state index in [1.54, 1.807) is 24.3 Å². The molecule has 0 atom stereocenters. The summed E-state index contributed by atoms with van der Waals surface area (Å²) >= 11 is 0. The van der Waals surface area contributed by atoms with E-state index in [2.05, 4.69) is 5.32 Å². The zero-order valence-electron chi connectivity index (χ0n) is 9.59. The highest BCUT2D eigenvalue weighted by atomic mass is 32.2. The fourth-order valence-electron chi connectivity index (χ4n) is 1.40. The molecule has 1 amide bonds. The average molecular weight is 270 g/mol. The molecule has 1 rings (SSSR count). The fourth-order valence-corrected chi connectivity index (χ4v) is 1.70. The van der Waals surface area contributed by atoms with Crippen LogP contribution in [-0.4, -0.2) is 26.0 Å². The number of nitrogens with one attached hydrogen (secondary N) is 1. The number of hydrogen-bond donors (Lipinski definition) is 3. The Morgan fingerprint density at radius 1 is 1.17 bits per heavy atom. The van der Waals surface area contributed by atoms with Gasteiger partial charge in [-0.3, -0.25) is 9.59 Å². The molecule has 18 heavy (non-hydrogen) atoms. The molecule has 0 bridgehead atoms. The molecular formula is C11H14N2O4S. The Kier molecular flexibility index (Phi) is 5.31. The predicted octanol–water partition coefficient (Wildman–Crippen LogP) is 0.116. The van der Waals surface area contributed by atoms with Crippen LogP contribution in [-0.2, 0) is 15.5 Å². The standard InChI is InChI=1S/C11H14N2O4S/c12-11(15)6-5-10(14)8-3-1-2-4-9(8)13-7-18(16)17/h1-4,13,18H,5-7H2,(H2,12,15). The van der Waals surface area contributed by atoms with Gasteiger partial charge in [0.2, 0.25) is 5.91 Å². The van der Waals surface area contributed by atoms with Crippen LogP contribution >= 0.6 is 0 Å². The molecular weight excluding hydrogens is 256 g/mol. The molecule has 0 aliphatic rings. The number of primary amides is 1. The Morgan fingerprint density at radius 2 is 1.83 bits per heavy atom. The summed E-state index contributed by atoms with van der Waals surface area (Å²) in [5, 5.41) is 2.65. The molecule has 1 aromatic carbocycles. The SMILES string of the molecule is NC(=O)CCC(=O)c1ccccc1NC[SH](=O)=O. The summed E-state index contributed by atoms with van der Waals surface area (Å²) in [6, 6.07) is 6.53. The first-order valence-corrected chi connectivity index (χ1v) is 6.63. The third kappa shape index (κ3) is 4.54. The largest absolute Gasteiger partial charge is 0.371 e. The van der Waals surface area contributed by atoms with Crippen LogP contribution in [0.5, 0.6) is 0 Å². The van der Waals surface area contributed by atoms with Crippen molar-refractivity contribution in [3.05, 3.63) is 29.8 Å². The molecule has 0 fully saturated rings. The number of benzene rings is 1. The van der Waals surface area contributed by atoms with Gasteiger partial charge >= 0.3 is 0 Å². The van der Waals surface area contributed by atoms with Crippen LogP contribution in [0.1, 0.15) is 23.2 Å². The van der Waals surface area contributed by atoms with E-state index < -0.39 is 16.6 Å². The zero-order chi connectivity index (χ0) is 13.5. The summed E-state index contributed by atoms with van der Waals surface area (Å²) in [6.45, 7) is 0. The van der Waals surface area contributed by atoms with Crippen LogP contribution < -0.4 is 11.1 Å². The van der Waals surface area contributed by atoms with Gasteiger partial charge in [0.1, 0.15) is 5.88 Å². The highest BCUT2D eigenvalue weighted by Gasteiger charge is 2.11. The van der Waals surface area contributed by atoms with Crippen molar-refractivity contribution in [2.75, 3.05) is 11.2 Å². The molecule has 98 valence electrons. The van der Waals surface area contributed by atoms with Crippen molar-refractivity contribution in [3.63, 3.8) is 0 Å². The highest BCUT2D eigenvalue weighted by molar-refractivity contribution is 7.72. The van der Waals surface area contributed by atoms with Crippen molar-refractivity contribution >= 4 is 28.1 Å². The minimum atomic E-state index is -2.57. The molecule has 1 aromatic rings. The monoisotopic (exact) mass is 270 g/mol. The number of para-hydroxylation sites is 1. The Morgan fingerprint density at radius 3 is 2.44 bits per heavy atom. The first-order chi connectivity index (χ1) is 8.50. The summed E-state index contributed by atoms with van der Waals surface area (Å²) in [5.41, 5.74) is 5.76. The molecule has 6 nitrogen and oxygen atoms in total. The van der Waals surface area contributed by atoms with Crippen LogP contribution in [0.25, 0.3) is 0 Å². The molecule has 0 heterocycles. The molecule has 0 aliphatic heterocycles. The Labute approximate surface area is 106 Å². The van der Waals surface area contributed by atoms with Crippen molar-refractivity contribution in [2.45, 2.75) is 12.8 Å². The van der Waals surface area contributed by atoms with Crippen molar-refractivity contribution in [1.82, 2.24) is 0 Å². The summed E-state index contributed by atoms with van der Waals surface area (Å²) < 4.78 is 21.0. The van der Waals surface area contributed by atoms with E-state index in [9.17, 15) is 18.0 Å². The van der Waals surface area contributed by atoms with Crippen LogP contribution in [0, 0.1) is 0 Å².